The largest absolute Gasteiger partial charge is 0.391 e. The lowest BCUT2D eigenvalue weighted by atomic mass is 9.67. The first kappa shape index (κ1) is 16.1. The van der Waals surface area contributed by atoms with Gasteiger partial charge in [-0.15, -0.1) is 0 Å². The predicted molar refractivity (Wildman–Crippen MR) is 75.1 cm³/mol. The van der Waals surface area contributed by atoms with E-state index < -0.39 is 12.1 Å². The zero-order valence-electron chi connectivity index (χ0n) is 12.6. The summed E-state index contributed by atoms with van der Waals surface area (Å²) in [5.74, 6) is 0.697. The average Bonchev–Trinajstić information content (AvgIpc) is 2.36. The predicted octanol–water partition coefficient (Wildman–Crippen LogP) is 4.75. The zero-order chi connectivity index (χ0) is 14.9. The monoisotopic (exact) mass is 291 g/mol. The van der Waals surface area contributed by atoms with E-state index in [4.69, 9.17) is 5.73 Å². The van der Waals surface area contributed by atoms with E-state index in [0.717, 1.165) is 19.3 Å². The fourth-order valence-electron chi connectivity index (χ4n) is 4.58. The molecule has 0 bridgehead atoms. The molecule has 2 aliphatic rings. The second-order valence-electron chi connectivity index (χ2n) is 7.42. The number of hydrogen-bond donors (Lipinski definition) is 1. The first-order valence-electron chi connectivity index (χ1n) is 8.09. The van der Waals surface area contributed by atoms with Crippen LogP contribution in [0.25, 0.3) is 0 Å². The zero-order valence-corrected chi connectivity index (χ0v) is 12.6. The summed E-state index contributed by atoms with van der Waals surface area (Å²) in [5.41, 5.74) is 6.39. The average molecular weight is 291 g/mol. The van der Waals surface area contributed by atoms with Gasteiger partial charge in [-0.1, -0.05) is 20.3 Å². The number of hydrogen-bond acceptors (Lipinski definition) is 1. The summed E-state index contributed by atoms with van der Waals surface area (Å²) >= 11 is 0. The van der Waals surface area contributed by atoms with Gasteiger partial charge >= 0.3 is 6.18 Å². The minimum absolute atomic E-state index is 0.0367. The molecule has 0 aromatic rings. The summed E-state index contributed by atoms with van der Waals surface area (Å²) in [5, 5.41) is 0. The quantitative estimate of drug-likeness (QED) is 0.780. The van der Waals surface area contributed by atoms with Gasteiger partial charge in [0.05, 0.1) is 5.92 Å². The maximum atomic E-state index is 12.9. The highest BCUT2D eigenvalue weighted by Gasteiger charge is 2.44. The molecule has 0 heterocycles. The van der Waals surface area contributed by atoms with E-state index in [1.165, 1.54) is 6.42 Å². The second-order valence-corrected chi connectivity index (χ2v) is 7.42. The van der Waals surface area contributed by atoms with Crippen LogP contribution in [0.5, 0.6) is 0 Å². The van der Waals surface area contributed by atoms with E-state index in [0.29, 0.717) is 30.6 Å². The van der Waals surface area contributed by atoms with Crippen LogP contribution in [0.4, 0.5) is 13.2 Å². The lowest BCUT2D eigenvalue weighted by molar-refractivity contribution is -0.186. The van der Waals surface area contributed by atoms with Gasteiger partial charge in [-0.2, -0.15) is 13.2 Å². The molecule has 0 aromatic carbocycles. The maximum absolute atomic E-state index is 12.9. The summed E-state index contributed by atoms with van der Waals surface area (Å²) in [4.78, 5) is 0. The van der Waals surface area contributed by atoms with Crippen LogP contribution in [0.15, 0.2) is 0 Å². The van der Waals surface area contributed by atoms with Crippen LogP contribution < -0.4 is 5.73 Å². The molecular formula is C16H28F3N. The van der Waals surface area contributed by atoms with Gasteiger partial charge in [-0.25, -0.2) is 0 Å². The van der Waals surface area contributed by atoms with Crippen molar-refractivity contribution < 1.29 is 13.2 Å². The van der Waals surface area contributed by atoms with Crippen molar-refractivity contribution in [2.24, 2.45) is 35.3 Å². The molecule has 0 aliphatic heterocycles. The number of nitrogens with two attached hydrogens (primary N) is 1. The van der Waals surface area contributed by atoms with Crippen LogP contribution in [0, 0.1) is 29.6 Å². The SMILES string of the molecule is CC1CC(C)CC(C(N)C2CCCC(C(F)(F)F)C2)C1. The summed E-state index contributed by atoms with van der Waals surface area (Å²) in [6, 6.07) is -0.0367. The highest BCUT2D eigenvalue weighted by Crippen LogP contribution is 2.44. The second kappa shape index (κ2) is 6.25. The van der Waals surface area contributed by atoms with Crippen LogP contribution in [0.2, 0.25) is 0 Å². The Kier molecular flexibility index (Phi) is 5.04. The van der Waals surface area contributed by atoms with Gasteiger partial charge in [0.2, 0.25) is 0 Å². The first-order valence-corrected chi connectivity index (χ1v) is 8.09. The Balaban J connectivity index is 1.96. The molecule has 2 saturated carbocycles. The molecule has 0 saturated heterocycles. The molecule has 0 aromatic heterocycles. The summed E-state index contributed by atoms with van der Waals surface area (Å²) in [6.07, 6.45) is 1.50. The van der Waals surface area contributed by atoms with Gasteiger partial charge in [0.25, 0.3) is 0 Å². The smallest absolute Gasteiger partial charge is 0.327 e. The summed E-state index contributed by atoms with van der Waals surface area (Å²) in [7, 11) is 0. The van der Waals surface area contributed by atoms with Crippen LogP contribution >= 0.6 is 0 Å². The van der Waals surface area contributed by atoms with Crippen molar-refractivity contribution in [2.75, 3.05) is 0 Å². The van der Waals surface area contributed by atoms with Crippen molar-refractivity contribution in [1.82, 2.24) is 0 Å². The van der Waals surface area contributed by atoms with Crippen molar-refractivity contribution in [2.45, 2.75) is 71.0 Å². The molecule has 2 N–H and O–H groups in total. The highest BCUT2D eigenvalue weighted by atomic mass is 19.4. The number of rotatable bonds is 2. The van der Waals surface area contributed by atoms with Crippen molar-refractivity contribution in [1.29, 1.82) is 0 Å². The van der Waals surface area contributed by atoms with E-state index in [1.807, 2.05) is 0 Å². The lowest BCUT2D eigenvalue weighted by Crippen LogP contribution is -2.44. The first-order chi connectivity index (χ1) is 9.27. The molecule has 5 atom stereocenters. The Hall–Kier alpha value is -0.250. The third-order valence-corrected chi connectivity index (χ3v) is 5.48. The number of alkyl halides is 3. The number of halogens is 3. The molecule has 20 heavy (non-hydrogen) atoms. The van der Waals surface area contributed by atoms with E-state index in [2.05, 4.69) is 13.8 Å². The van der Waals surface area contributed by atoms with E-state index in [1.54, 1.807) is 0 Å². The maximum Gasteiger partial charge on any atom is 0.391 e. The van der Waals surface area contributed by atoms with Gasteiger partial charge in [0.1, 0.15) is 0 Å². The highest BCUT2D eigenvalue weighted by molar-refractivity contribution is 4.89. The lowest BCUT2D eigenvalue weighted by Gasteiger charge is -2.41. The summed E-state index contributed by atoms with van der Waals surface area (Å²) < 4.78 is 38.7. The van der Waals surface area contributed by atoms with E-state index in [9.17, 15) is 13.2 Å². The normalized spacial score (nSPS) is 41.4. The molecule has 118 valence electrons. The Morgan fingerprint density at radius 3 is 2.05 bits per heavy atom. The molecule has 0 amide bonds. The van der Waals surface area contributed by atoms with Crippen LogP contribution in [0.1, 0.15) is 58.8 Å². The molecule has 0 radical (unpaired) electrons. The van der Waals surface area contributed by atoms with Gasteiger partial charge in [-0.3, -0.25) is 0 Å². The molecule has 5 unspecified atom stereocenters. The Bertz CT molecular complexity index is 305. The Labute approximate surface area is 120 Å². The van der Waals surface area contributed by atoms with Gasteiger partial charge in [0.15, 0.2) is 0 Å². The molecule has 2 fully saturated rings. The van der Waals surface area contributed by atoms with E-state index in [-0.39, 0.29) is 18.4 Å². The van der Waals surface area contributed by atoms with E-state index >= 15 is 0 Å². The Morgan fingerprint density at radius 2 is 1.50 bits per heavy atom. The Morgan fingerprint density at radius 1 is 0.900 bits per heavy atom. The fraction of sp³-hybridized carbons (Fsp3) is 1.00. The topological polar surface area (TPSA) is 26.0 Å². The molecule has 4 heteroatoms. The van der Waals surface area contributed by atoms with Crippen LogP contribution in [0.3, 0.4) is 0 Å². The van der Waals surface area contributed by atoms with Crippen LogP contribution in [-0.2, 0) is 0 Å². The van der Waals surface area contributed by atoms with Gasteiger partial charge < -0.3 is 5.73 Å². The van der Waals surface area contributed by atoms with Crippen molar-refractivity contribution in [3.63, 3.8) is 0 Å². The third-order valence-electron chi connectivity index (χ3n) is 5.48. The molecule has 2 aliphatic carbocycles. The molecule has 0 spiro atoms. The van der Waals surface area contributed by atoms with Gasteiger partial charge in [0, 0.05) is 6.04 Å². The van der Waals surface area contributed by atoms with Gasteiger partial charge in [-0.05, 0) is 62.2 Å². The molecule has 2 rings (SSSR count). The minimum Gasteiger partial charge on any atom is -0.327 e. The third kappa shape index (κ3) is 3.90. The standard InChI is InChI=1S/C16H28F3N/c1-10-6-11(2)8-13(7-10)15(20)12-4-3-5-14(9-12)16(17,18)19/h10-15H,3-9,20H2,1-2H3. The fourth-order valence-corrected chi connectivity index (χ4v) is 4.58. The van der Waals surface area contributed by atoms with Crippen molar-refractivity contribution >= 4 is 0 Å². The minimum atomic E-state index is -4.04. The summed E-state index contributed by atoms with van der Waals surface area (Å²) in [6.45, 7) is 4.49. The molecular weight excluding hydrogens is 263 g/mol. The van der Waals surface area contributed by atoms with Crippen molar-refractivity contribution in [3.8, 4) is 0 Å². The van der Waals surface area contributed by atoms with Crippen LogP contribution in [-0.4, -0.2) is 12.2 Å². The molecule has 1 nitrogen and oxygen atoms in total. The van der Waals surface area contributed by atoms with Crippen molar-refractivity contribution in [3.05, 3.63) is 0 Å².